The van der Waals surface area contributed by atoms with Crippen molar-refractivity contribution in [1.29, 1.82) is 0 Å². The van der Waals surface area contributed by atoms with Crippen molar-refractivity contribution in [3.8, 4) is 0 Å². The van der Waals surface area contributed by atoms with Gasteiger partial charge in [0.1, 0.15) is 0 Å². The highest BCUT2D eigenvalue weighted by molar-refractivity contribution is 7.89. The summed E-state index contributed by atoms with van der Waals surface area (Å²) in [5.74, 6) is -0.432. The number of carbonyl (C=O) groups is 1. The second kappa shape index (κ2) is 7.99. The van der Waals surface area contributed by atoms with E-state index >= 15 is 0 Å². The monoisotopic (exact) mass is 391 g/mol. The Hall–Kier alpha value is -2.22. The van der Waals surface area contributed by atoms with Gasteiger partial charge < -0.3 is 0 Å². The lowest BCUT2D eigenvalue weighted by Crippen LogP contribution is -2.28. The van der Waals surface area contributed by atoms with Gasteiger partial charge in [0, 0.05) is 29.2 Å². The van der Waals surface area contributed by atoms with E-state index in [9.17, 15) is 13.2 Å². The van der Waals surface area contributed by atoms with Crippen LogP contribution in [0.4, 0.5) is 0 Å². The average Bonchev–Trinajstić information content (AvgIpc) is 3.19. The molecule has 0 aromatic heterocycles. The van der Waals surface area contributed by atoms with Crippen LogP contribution in [0, 0.1) is 0 Å². The number of sulfonamides is 1. The number of amides is 1. The molecule has 1 amide bonds. The van der Waals surface area contributed by atoms with Crippen LogP contribution in [0.3, 0.4) is 0 Å². The van der Waals surface area contributed by atoms with Gasteiger partial charge in [-0.05, 0) is 43.2 Å². The number of hydrazone groups is 1. The molecule has 1 fully saturated rings. The third-order valence-corrected chi connectivity index (χ3v) is 6.35. The highest BCUT2D eigenvalue weighted by Crippen LogP contribution is 2.21. The van der Waals surface area contributed by atoms with Crippen molar-refractivity contribution in [3.63, 3.8) is 0 Å². The number of carbonyl (C=O) groups excluding carboxylic acids is 1. The Labute approximate surface area is 157 Å². The van der Waals surface area contributed by atoms with Crippen LogP contribution in [0.25, 0.3) is 0 Å². The van der Waals surface area contributed by atoms with Gasteiger partial charge in [-0.25, -0.2) is 13.8 Å². The van der Waals surface area contributed by atoms with E-state index in [1.807, 2.05) is 6.07 Å². The summed E-state index contributed by atoms with van der Waals surface area (Å²) in [6.45, 7) is 1.09. The Morgan fingerprint density at radius 1 is 1.08 bits per heavy atom. The SMILES string of the molecule is O=C(N/N=C\c1ccccc1Cl)c1ccc(S(=O)(=O)N2CCCC2)cc1. The number of hydrogen-bond acceptors (Lipinski definition) is 4. The van der Waals surface area contributed by atoms with Crippen molar-refractivity contribution < 1.29 is 13.2 Å². The fourth-order valence-corrected chi connectivity index (χ4v) is 4.36. The molecule has 0 unspecified atom stereocenters. The molecule has 0 saturated carbocycles. The lowest BCUT2D eigenvalue weighted by Gasteiger charge is -2.15. The Bertz CT molecular complexity index is 921. The predicted molar refractivity (Wildman–Crippen MR) is 101 cm³/mol. The molecule has 3 rings (SSSR count). The summed E-state index contributed by atoms with van der Waals surface area (Å²) in [6, 6.07) is 13.0. The Morgan fingerprint density at radius 2 is 1.73 bits per heavy atom. The fourth-order valence-electron chi connectivity index (χ4n) is 2.66. The van der Waals surface area contributed by atoms with Crippen LogP contribution in [0.5, 0.6) is 0 Å². The largest absolute Gasteiger partial charge is 0.271 e. The summed E-state index contributed by atoms with van der Waals surface area (Å²) in [4.78, 5) is 12.3. The first-order valence-corrected chi connectivity index (χ1v) is 9.98. The third kappa shape index (κ3) is 4.12. The summed E-state index contributed by atoms with van der Waals surface area (Å²) >= 11 is 6.01. The predicted octanol–water partition coefficient (Wildman–Crippen LogP) is 2.89. The van der Waals surface area contributed by atoms with E-state index in [1.54, 1.807) is 18.2 Å². The summed E-state index contributed by atoms with van der Waals surface area (Å²) in [5.41, 5.74) is 3.40. The summed E-state index contributed by atoms with van der Waals surface area (Å²) in [5, 5.41) is 4.41. The molecule has 0 atom stereocenters. The molecule has 1 N–H and O–H groups in total. The normalized spacial score (nSPS) is 15.4. The van der Waals surface area contributed by atoms with Crippen LogP contribution in [0.15, 0.2) is 58.5 Å². The van der Waals surface area contributed by atoms with Crippen molar-refractivity contribution in [2.24, 2.45) is 5.10 Å². The number of halogens is 1. The van der Waals surface area contributed by atoms with Gasteiger partial charge in [0.05, 0.1) is 11.1 Å². The Morgan fingerprint density at radius 3 is 2.38 bits per heavy atom. The number of benzene rings is 2. The van der Waals surface area contributed by atoms with Crippen molar-refractivity contribution in [3.05, 3.63) is 64.7 Å². The number of nitrogens with one attached hydrogen (secondary N) is 1. The molecule has 1 aliphatic heterocycles. The molecule has 8 heteroatoms. The number of rotatable bonds is 5. The minimum atomic E-state index is -3.48. The van der Waals surface area contributed by atoms with E-state index in [2.05, 4.69) is 10.5 Å². The van der Waals surface area contributed by atoms with Gasteiger partial charge in [0.15, 0.2) is 0 Å². The van der Waals surface area contributed by atoms with Crippen LogP contribution in [0.1, 0.15) is 28.8 Å². The van der Waals surface area contributed by atoms with E-state index in [1.165, 1.54) is 34.8 Å². The topological polar surface area (TPSA) is 78.8 Å². The van der Waals surface area contributed by atoms with Gasteiger partial charge in [-0.15, -0.1) is 0 Å². The third-order valence-electron chi connectivity index (χ3n) is 4.09. The lowest BCUT2D eigenvalue weighted by molar-refractivity contribution is 0.0955. The molecule has 2 aromatic carbocycles. The maximum atomic E-state index is 12.5. The van der Waals surface area contributed by atoms with Gasteiger partial charge in [0.25, 0.3) is 5.91 Å². The Kier molecular flexibility index (Phi) is 5.70. The van der Waals surface area contributed by atoms with Crippen molar-refractivity contribution >= 4 is 33.7 Å². The summed E-state index contributed by atoms with van der Waals surface area (Å²) in [7, 11) is -3.48. The minimum absolute atomic E-state index is 0.190. The number of nitrogens with zero attached hydrogens (tertiary/aromatic N) is 2. The molecule has 0 spiro atoms. The van der Waals surface area contributed by atoms with Crippen LogP contribution >= 0.6 is 11.6 Å². The summed E-state index contributed by atoms with van der Waals surface area (Å²) < 4.78 is 26.4. The van der Waals surface area contributed by atoms with Crippen molar-refractivity contribution in [2.45, 2.75) is 17.7 Å². The molecular weight excluding hydrogens is 374 g/mol. The van der Waals surface area contributed by atoms with E-state index in [4.69, 9.17) is 11.6 Å². The highest BCUT2D eigenvalue weighted by Gasteiger charge is 2.27. The molecule has 26 heavy (non-hydrogen) atoms. The van der Waals surface area contributed by atoms with Crippen molar-refractivity contribution in [1.82, 2.24) is 9.73 Å². The molecule has 0 bridgehead atoms. The molecule has 6 nitrogen and oxygen atoms in total. The van der Waals surface area contributed by atoms with Crippen LogP contribution in [0.2, 0.25) is 5.02 Å². The number of hydrogen-bond donors (Lipinski definition) is 1. The second-order valence-corrected chi connectivity index (χ2v) is 8.20. The fraction of sp³-hybridized carbons (Fsp3) is 0.222. The van der Waals surface area contributed by atoms with Gasteiger partial charge in [-0.3, -0.25) is 4.79 Å². The average molecular weight is 392 g/mol. The smallest absolute Gasteiger partial charge is 0.267 e. The molecule has 1 saturated heterocycles. The minimum Gasteiger partial charge on any atom is -0.267 e. The summed E-state index contributed by atoms with van der Waals surface area (Å²) in [6.07, 6.45) is 3.21. The highest BCUT2D eigenvalue weighted by atomic mass is 35.5. The van der Waals surface area contributed by atoms with Crippen LogP contribution in [-0.2, 0) is 10.0 Å². The zero-order valence-corrected chi connectivity index (χ0v) is 15.5. The van der Waals surface area contributed by atoms with Gasteiger partial charge in [0.2, 0.25) is 10.0 Å². The molecule has 0 aliphatic carbocycles. The Balaban J connectivity index is 1.66. The maximum Gasteiger partial charge on any atom is 0.271 e. The first kappa shape index (κ1) is 18.6. The standard InChI is InChI=1S/C18H18ClN3O3S/c19-17-6-2-1-5-15(17)13-20-21-18(23)14-7-9-16(10-8-14)26(24,25)22-11-3-4-12-22/h1-2,5-10,13H,3-4,11-12H2,(H,21,23)/b20-13-. The van der Waals surface area contributed by atoms with E-state index in [0.29, 0.717) is 29.2 Å². The van der Waals surface area contributed by atoms with Gasteiger partial charge in [-0.2, -0.15) is 9.41 Å². The first-order chi connectivity index (χ1) is 12.5. The second-order valence-electron chi connectivity index (χ2n) is 5.86. The lowest BCUT2D eigenvalue weighted by atomic mass is 10.2. The molecule has 0 radical (unpaired) electrons. The maximum absolute atomic E-state index is 12.5. The first-order valence-electron chi connectivity index (χ1n) is 8.16. The van der Waals surface area contributed by atoms with E-state index in [-0.39, 0.29) is 4.90 Å². The van der Waals surface area contributed by atoms with Gasteiger partial charge >= 0.3 is 0 Å². The molecule has 2 aromatic rings. The molecular formula is C18H18ClN3O3S. The van der Waals surface area contributed by atoms with Crippen LogP contribution < -0.4 is 5.43 Å². The van der Waals surface area contributed by atoms with Gasteiger partial charge in [-0.1, -0.05) is 29.8 Å². The zero-order chi connectivity index (χ0) is 18.6. The molecule has 1 aliphatic rings. The van der Waals surface area contributed by atoms with E-state index < -0.39 is 15.9 Å². The van der Waals surface area contributed by atoms with Crippen molar-refractivity contribution in [2.75, 3.05) is 13.1 Å². The van der Waals surface area contributed by atoms with Crippen LogP contribution in [-0.4, -0.2) is 37.9 Å². The molecule has 1 heterocycles. The molecule has 136 valence electrons. The van der Waals surface area contributed by atoms with E-state index in [0.717, 1.165) is 12.8 Å². The quantitative estimate of drug-likeness (QED) is 0.628. The zero-order valence-electron chi connectivity index (χ0n) is 13.9.